The average Bonchev–Trinajstić information content (AvgIpc) is 2.63. The van der Waals surface area contributed by atoms with Crippen molar-refractivity contribution in [2.24, 2.45) is 0 Å². The molecule has 0 unspecified atom stereocenters. The molecule has 0 bridgehead atoms. The number of anilines is 1. The largest absolute Gasteiger partial charge is 0.324 e. The number of nitrogens with zero attached hydrogens (tertiary/aromatic N) is 1. The van der Waals surface area contributed by atoms with Gasteiger partial charge in [0.1, 0.15) is 0 Å². The number of hydrogen-bond donors (Lipinski definition) is 1. The Kier molecular flexibility index (Phi) is 7.57. The summed E-state index contributed by atoms with van der Waals surface area (Å²) in [6.07, 6.45) is 1.93. The van der Waals surface area contributed by atoms with Gasteiger partial charge in [0.2, 0.25) is 15.9 Å². The Bertz CT molecular complexity index is 852. The van der Waals surface area contributed by atoms with Crippen molar-refractivity contribution in [3.8, 4) is 0 Å². The van der Waals surface area contributed by atoms with Crippen LogP contribution in [0.25, 0.3) is 0 Å². The van der Waals surface area contributed by atoms with Gasteiger partial charge in [-0.2, -0.15) is 4.31 Å². The monoisotopic (exact) mass is 410 g/mol. The van der Waals surface area contributed by atoms with Crippen molar-refractivity contribution in [2.45, 2.75) is 21.6 Å². The van der Waals surface area contributed by atoms with E-state index in [1.807, 2.05) is 37.4 Å². The Morgan fingerprint density at radius 3 is 2.38 bits per heavy atom. The van der Waals surface area contributed by atoms with Crippen LogP contribution in [0.3, 0.4) is 0 Å². The molecule has 2 aromatic carbocycles. The molecule has 140 valence electrons. The van der Waals surface area contributed by atoms with Gasteiger partial charge in [0.15, 0.2) is 0 Å². The number of thioether (sulfide) groups is 2. The van der Waals surface area contributed by atoms with Crippen LogP contribution in [0.5, 0.6) is 0 Å². The van der Waals surface area contributed by atoms with Crippen molar-refractivity contribution in [2.75, 3.05) is 30.9 Å². The van der Waals surface area contributed by atoms with E-state index in [0.717, 1.165) is 19.8 Å². The first kappa shape index (κ1) is 20.8. The number of likely N-dealkylation sites (N-methyl/N-ethyl adjacent to an activating group) is 1. The number of amides is 1. The molecule has 2 rings (SSSR count). The van der Waals surface area contributed by atoms with Gasteiger partial charge in [-0.3, -0.25) is 4.79 Å². The predicted molar refractivity (Wildman–Crippen MR) is 110 cm³/mol. The molecule has 26 heavy (non-hydrogen) atoms. The Labute approximate surface area is 163 Å². The number of sulfonamides is 1. The van der Waals surface area contributed by atoms with Crippen molar-refractivity contribution in [3.05, 3.63) is 48.5 Å². The van der Waals surface area contributed by atoms with Crippen LogP contribution in [-0.2, 0) is 14.8 Å². The second-order valence-corrected chi connectivity index (χ2v) is 9.64. The smallest absolute Gasteiger partial charge is 0.243 e. The fourth-order valence-corrected chi connectivity index (χ4v) is 4.55. The van der Waals surface area contributed by atoms with Gasteiger partial charge in [-0.15, -0.1) is 23.5 Å². The fourth-order valence-electron chi connectivity index (χ4n) is 2.26. The van der Waals surface area contributed by atoms with Gasteiger partial charge in [0, 0.05) is 16.8 Å². The lowest BCUT2D eigenvalue weighted by Gasteiger charge is -2.17. The molecule has 0 heterocycles. The van der Waals surface area contributed by atoms with Crippen LogP contribution in [0.15, 0.2) is 63.2 Å². The molecule has 0 atom stereocenters. The van der Waals surface area contributed by atoms with E-state index >= 15 is 0 Å². The van der Waals surface area contributed by atoms with Crippen molar-refractivity contribution in [1.82, 2.24) is 4.31 Å². The van der Waals surface area contributed by atoms with E-state index in [4.69, 9.17) is 0 Å². The zero-order chi connectivity index (χ0) is 19.2. The molecule has 1 amide bonds. The van der Waals surface area contributed by atoms with Gasteiger partial charge >= 0.3 is 0 Å². The van der Waals surface area contributed by atoms with Crippen molar-refractivity contribution in [3.63, 3.8) is 0 Å². The number of para-hydroxylation sites is 1. The molecule has 0 saturated heterocycles. The number of carbonyl (C=O) groups is 1. The van der Waals surface area contributed by atoms with Gasteiger partial charge in [-0.1, -0.05) is 19.1 Å². The van der Waals surface area contributed by atoms with Crippen LogP contribution < -0.4 is 5.32 Å². The molecule has 0 spiro atoms. The average molecular weight is 411 g/mol. The maximum Gasteiger partial charge on any atom is 0.243 e. The second-order valence-electron chi connectivity index (χ2n) is 5.41. The molecule has 1 N–H and O–H groups in total. The molecule has 0 saturated carbocycles. The molecule has 0 aromatic heterocycles. The first-order valence-corrected chi connectivity index (χ1v) is 11.7. The number of benzene rings is 2. The SMILES string of the molecule is CCSc1ccccc1NC(=O)CN(C)S(=O)(=O)c1ccc(SC)cc1. The Hall–Kier alpha value is -1.48. The highest BCUT2D eigenvalue weighted by molar-refractivity contribution is 7.99. The van der Waals surface area contributed by atoms with Crippen LogP contribution in [0.4, 0.5) is 5.69 Å². The number of hydrogen-bond acceptors (Lipinski definition) is 5. The third kappa shape index (κ3) is 5.26. The topological polar surface area (TPSA) is 66.5 Å². The molecule has 0 radical (unpaired) electrons. The summed E-state index contributed by atoms with van der Waals surface area (Å²) in [4.78, 5) is 14.4. The van der Waals surface area contributed by atoms with Gasteiger partial charge in [0.25, 0.3) is 0 Å². The highest BCUT2D eigenvalue weighted by Gasteiger charge is 2.23. The first-order valence-electron chi connectivity index (χ1n) is 8.00. The van der Waals surface area contributed by atoms with E-state index < -0.39 is 10.0 Å². The van der Waals surface area contributed by atoms with Crippen LogP contribution in [0, 0.1) is 0 Å². The Balaban J connectivity index is 2.08. The van der Waals surface area contributed by atoms with Crippen LogP contribution in [0.2, 0.25) is 0 Å². The van der Waals surface area contributed by atoms with Gasteiger partial charge in [-0.05, 0) is 48.4 Å². The number of carbonyl (C=O) groups excluding carboxylic acids is 1. The summed E-state index contributed by atoms with van der Waals surface area (Å²) in [5.41, 5.74) is 0.694. The Morgan fingerprint density at radius 1 is 1.12 bits per heavy atom. The summed E-state index contributed by atoms with van der Waals surface area (Å²) >= 11 is 3.16. The molecular formula is C18H22N2O3S3. The summed E-state index contributed by atoms with van der Waals surface area (Å²) in [6, 6.07) is 14.1. The second kappa shape index (κ2) is 9.45. The van der Waals surface area contributed by atoms with Gasteiger partial charge in [-0.25, -0.2) is 8.42 Å². The van der Waals surface area contributed by atoms with Crippen molar-refractivity contribution >= 4 is 45.1 Å². The number of rotatable bonds is 8. The minimum atomic E-state index is -3.71. The van der Waals surface area contributed by atoms with Crippen LogP contribution in [0.1, 0.15) is 6.92 Å². The van der Waals surface area contributed by atoms with E-state index in [1.165, 1.54) is 18.8 Å². The predicted octanol–water partition coefficient (Wildman–Crippen LogP) is 3.78. The third-order valence-electron chi connectivity index (χ3n) is 3.59. The summed E-state index contributed by atoms with van der Waals surface area (Å²) in [5.74, 6) is 0.508. The van der Waals surface area contributed by atoms with Crippen molar-refractivity contribution < 1.29 is 13.2 Å². The molecule has 2 aromatic rings. The lowest BCUT2D eigenvalue weighted by molar-refractivity contribution is -0.116. The van der Waals surface area contributed by atoms with E-state index in [9.17, 15) is 13.2 Å². The molecule has 5 nitrogen and oxygen atoms in total. The highest BCUT2D eigenvalue weighted by atomic mass is 32.2. The lowest BCUT2D eigenvalue weighted by Crippen LogP contribution is -2.35. The zero-order valence-corrected chi connectivity index (χ0v) is 17.4. The minimum Gasteiger partial charge on any atom is -0.324 e. The summed E-state index contributed by atoms with van der Waals surface area (Å²) in [6.45, 7) is 1.78. The minimum absolute atomic E-state index is 0.174. The summed E-state index contributed by atoms with van der Waals surface area (Å²) < 4.78 is 26.3. The highest BCUT2D eigenvalue weighted by Crippen LogP contribution is 2.26. The standard InChI is InChI=1S/C18H22N2O3S3/c1-4-25-17-8-6-5-7-16(17)19-18(21)13-20(2)26(22,23)15-11-9-14(24-3)10-12-15/h5-12H,4,13H2,1-3H3,(H,19,21). The third-order valence-corrected chi connectivity index (χ3v) is 7.11. The van der Waals surface area contributed by atoms with Crippen molar-refractivity contribution in [1.29, 1.82) is 0 Å². The maximum atomic E-state index is 12.6. The van der Waals surface area contributed by atoms with E-state index in [-0.39, 0.29) is 17.3 Å². The van der Waals surface area contributed by atoms with E-state index in [2.05, 4.69) is 5.32 Å². The molecule has 0 fully saturated rings. The van der Waals surface area contributed by atoms with Crippen LogP contribution in [-0.4, -0.2) is 44.2 Å². The maximum absolute atomic E-state index is 12.6. The molecular weight excluding hydrogens is 388 g/mol. The molecule has 8 heteroatoms. The molecule has 0 aliphatic rings. The van der Waals surface area contributed by atoms with E-state index in [1.54, 1.807) is 36.0 Å². The van der Waals surface area contributed by atoms with Crippen LogP contribution >= 0.6 is 23.5 Å². The lowest BCUT2D eigenvalue weighted by atomic mass is 10.3. The normalized spacial score (nSPS) is 11.5. The van der Waals surface area contributed by atoms with E-state index in [0.29, 0.717) is 5.69 Å². The fraction of sp³-hybridized carbons (Fsp3) is 0.278. The van der Waals surface area contributed by atoms with Gasteiger partial charge in [0.05, 0.1) is 17.1 Å². The number of nitrogens with one attached hydrogen (secondary N) is 1. The Morgan fingerprint density at radius 2 is 1.77 bits per heavy atom. The summed E-state index contributed by atoms with van der Waals surface area (Å²) in [5, 5.41) is 2.80. The zero-order valence-electron chi connectivity index (χ0n) is 14.9. The van der Waals surface area contributed by atoms with Gasteiger partial charge < -0.3 is 5.32 Å². The first-order chi connectivity index (χ1) is 12.4. The summed E-state index contributed by atoms with van der Waals surface area (Å²) in [7, 11) is -2.31. The molecule has 0 aliphatic heterocycles. The molecule has 0 aliphatic carbocycles. The quantitative estimate of drug-likeness (QED) is 0.671.